The van der Waals surface area contributed by atoms with Crippen LogP contribution in [0.2, 0.25) is 0 Å². The number of rotatable bonds is 6. The van der Waals surface area contributed by atoms with Crippen molar-refractivity contribution in [3.05, 3.63) is 59.4 Å². The molecule has 0 fully saturated rings. The van der Waals surface area contributed by atoms with Gasteiger partial charge in [0.2, 0.25) is 0 Å². The first-order valence-corrected chi connectivity index (χ1v) is 6.83. The SMILES string of the molecule is COCCc1ccc(Oc2ccc([C@H](C)O)cc2F)cc1. The van der Waals surface area contributed by atoms with Gasteiger partial charge in [-0.2, -0.15) is 0 Å². The van der Waals surface area contributed by atoms with Crippen molar-refractivity contribution in [2.75, 3.05) is 13.7 Å². The van der Waals surface area contributed by atoms with Crippen molar-refractivity contribution >= 4 is 0 Å². The van der Waals surface area contributed by atoms with Crippen LogP contribution in [0, 0.1) is 5.82 Å². The largest absolute Gasteiger partial charge is 0.454 e. The molecule has 0 heterocycles. The second-order valence-corrected chi connectivity index (χ2v) is 4.85. The highest BCUT2D eigenvalue weighted by molar-refractivity contribution is 5.36. The molecule has 0 saturated carbocycles. The zero-order valence-electron chi connectivity index (χ0n) is 12.2. The number of benzene rings is 2. The monoisotopic (exact) mass is 290 g/mol. The lowest BCUT2D eigenvalue weighted by molar-refractivity contribution is 0.198. The highest BCUT2D eigenvalue weighted by Gasteiger charge is 2.09. The van der Waals surface area contributed by atoms with Crippen LogP contribution >= 0.6 is 0 Å². The average Bonchev–Trinajstić information content (AvgIpc) is 2.48. The molecule has 0 unspecified atom stereocenters. The van der Waals surface area contributed by atoms with Gasteiger partial charge in [-0.1, -0.05) is 18.2 Å². The fourth-order valence-corrected chi connectivity index (χ4v) is 1.93. The predicted molar refractivity (Wildman–Crippen MR) is 79.1 cm³/mol. The third-order valence-corrected chi connectivity index (χ3v) is 3.18. The minimum absolute atomic E-state index is 0.143. The first-order chi connectivity index (χ1) is 10.1. The van der Waals surface area contributed by atoms with E-state index in [-0.39, 0.29) is 5.75 Å². The van der Waals surface area contributed by atoms with E-state index in [1.54, 1.807) is 32.2 Å². The minimum Gasteiger partial charge on any atom is -0.454 e. The molecule has 0 saturated heterocycles. The number of methoxy groups -OCH3 is 1. The molecule has 0 aliphatic heterocycles. The maximum atomic E-state index is 13.9. The van der Waals surface area contributed by atoms with E-state index in [0.717, 1.165) is 12.0 Å². The van der Waals surface area contributed by atoms with E-state index in [9.17, 15) is 9.50 Å². The van der Waals surface area contributed by atoms with Gasteiger partial charge >= 0.3 is 0 Å². The van der Waals surface area contributed by atoms with Crippen LogP contribution in [0.3, 0.4) is 0 Å². The molecule has 1 atom stereocenters. The fourth-order valence-electron chi connectivity index (χ4n) is 1.93. The summed E-state index contributed by atoms with van der Waals surface area (Å²) in [6.45, 7) is 2.25. The standard InChI is InChI=1S/C17H19FO3/c1-12(19)14-5-8-17(16(18)11-14)21-15-6-3-13(4-7-15)9-10-20-2/h3-8,11-12,19H,9-10H2,1-2H3/t12-/m0/s1. The molecule has 112 valence electrons. The lowest BCUT2D eigenvalue weighted by atomic mass is 10.1. The van der Waals surface area contributed by atoms with Crippen molar-refractivity contribution in [2.45, 2.75) is 19.4 Å². The van der Waals surface area contributed by atoms with Gasteiger partial charge in [-0.05, 0) is 48.7 Å². The van der Waals surface area contributed by atoms with Crippen LogP contribution in [0.5, 0.6) is 11.5 Å². The van der Waals surface area contributed by atoms with Crippen molar-refractivity contribution in [2.24, 2.45) is 0 Å². The Morgan fingerprint density at radius 1 is 1.14 bits per heavy atom. The molecule has 0 spiro atoms. The molecule has 1 N–H and O–H groups in total. The van der Waals surface area contributed by atoms with Crippen LogP contribution in [0.15, 0.2) is 42.5 Å². The van der Waals surface area contributed by atoms with E-state index in [1.807, 2.05) is 12.1 Å². The summed E-state index contributed by atoms with van der Waals surface area (Å²) in [6.07, 6.45) is 0.127. The van der Waals surface area contributed by atoms with Crippen LogP contribution < -0.4 is 4.74 Å². The summed E-state index contributed by atoms with van der Waals surface area (Å²) in [5.41, 5.74) is 1.66. The summed E-state index contributed by atoms with van der Waals surface area (Å²) in [5, 5.41) is 9.41. The van der Waals surface area contributed by atoms with Gasteiger partial charge in [-0.25, -0.2) is 4.39 Å². The molecular weight excluding hydrogens is 271 g/mol. The third-order valence-electron chi connectivity index (χ3n) is 3.18. The average molecular weight is 290 g/mol. The molecule has 2 aromatic rings. The third kappa shape index (κ3) is 4.28. The Balaban J connectivity index is 2.07. The summed E-state index contributed by atoms with van der Waals surface area (Å²) < 4.78 is 24.4. The topological polar surface area (TPSA) is 38.7 Å². The van der Waals surface area contributed by atoms with E-state index in [4.69, 9.17) is 9.47 Å². The molecule has 0 bridgehead atoms. The summed E-state index contributed by atoms with van der Waals surface area (Å²) >= 11 is 0. The summed E-state index contributed by atoms with van der Waals surface area (Å²) in [7, 11) is 1.66. The smallest absolute Gasteiger partial charge is 0.166 e. The van der Waals surface area contributed by atoms with Gasteiger partial charge < -0.3 is 14.6 Å². The van der Waals surface area contributed by atoms with E-state index in [1.165, 1.54) is 12.1 Å². The molecule has 0 aromatic heterocycles. The normalized spacial score (nSPS) is 12.2. The van der Waals surface area contributed by atoms with Crippen molar-refractivity contribution in [1.29, 1.82) is 0 Å². The maximum Gasteiger partial charge on any atom is 0.166 e. The van der Waals surface area contributed by atoms with Crippen molar-refractivity contribution in [1.82, 2.24) is 0 Å². The van der Waals surface area contributed by atoms with Gasteiger partial charge in [-0.15, -0.1) is 0 Å². The number of halogens is 1. The van der Waals surface area contributed by atoms with Crippen LogP contribution in [0.1, 0.15) is 24.2 Å². The highest BCUT2D eigenvalue weighted by atomic mass is 19.1. The zero-order valence-corrected chi connectivity index (χ0v) is 12.2. The molecule has 2 rings (SSSR count). The Labute approximate surface area is 124 Å². The summed E-state index contributed by atoms with van der Waals surface area (Å²) in [4.78, 5) is 0. The molecule has 0 radical (unpaired) electrons. The molecule has 0 amide bonds. The number of aliphatic hydroxyl groups excluding tert-OH is 1. The van der Waals surface area contributed by atoms with E-state index >= 15 is 0 Å². The number of hydrogen-bond acceptors (Lipinski definition) is 3. The van der Waals surface area contributed by atoms with Gasteiger partial charge in [0.25, 0.3) is 0 Å². The second-order valence-electron chi connectivity index (χ2n) is 4.85. The molecular formula is C17H19FO3. The Bertz CT molecular complexity index is 579. The van der Waals surface area contributed by atoms with Crippen molar-refractivity contribution in [3.8, 4) is 11.5 Å². The minimum atomic E-state index is -0.700. The van der Waals surface area contributed by atoms with Gasteiger partial charge in [-0.3, -0.25) is 0 Å². The fraction of sp³-hybridized carbons (Fsp3) is 0.294. The van der Waals surface area contributed by atoms with Crippen LogP contribution in [-0.2, 0) is 11.2 Å². The first kappa shape index (κ1) is 15.5. The van der Waals surface area contributed by atoms with Crippen molar-refractivity contribution < 1.29 is 19.0 Å². The number of aliphatic hydroxyl groups is 1. The molecule has 0 aliphatic rings. The van der Waals surface area contributed by atoms with E-state index in [2.05, 4.69) is 0 Å². The quantitative estimate of drug-likeness (QED) is 0.878. The molecule has 3 nitrogen and oxygen atoms in total. The lowest BCUT2D eigenvalue weighted by Gasteiger charge is -2.10. The van der Waals surface area contributed by atoms with Gasteiger partial charge in [0.15, 0.2) is 11.6 Å². The van der Waals surface area contributed by atoms with Crippen LogP contribution in [0.25, 0.3) is 0 Å². The number of hydrogen-bond donors (Lipinski definition) is 1. The van der Waals surface area contributed by atoms with Gasteiger partial charge in [0.05, 0.1) is 12.7 Å². The van der Waals surface area contributed by atoms with Crippen LogP contribution in [0.4, 0.5) is 4.39 Å². The summed E-state index contributed by atoms with van der Waals surface area (Å²) in [5.74, 6) is 0.223. The Morgan fingerprint density at radius 3 is 2.43 bits per heavy atom. The Kier molecular flexibility index (Phi) is 5.31. The highest BCUT2D eigenvalue weighted by Crippen LogP contribution is 2.27. The predicted octanol–water partition coefficient (Wildman–Crippen LogP) is 3.86. The van der Waals surface area contributed by atoms with Crippen molar-refractivity contribution in [3.63, 3.8) is 0 Å². The Hall–Kier alpha value is -1.91. The molecule has 4 heteroatoms. The zero-order chi connectivity index (χ0) is 15.2. The van der Waals surface area contributed by atoms with E-state index < -0.39 is 11.9 Å². The molecule has 2 aromatic carbocycles. The maximum absolute atomic E-state index is 13.9. The van der Waals surface area contributed by atoms with Gasteiger partial charge in [0, 0.05) is 7.11 Å². The molecule has 21 heavy (non-hydrogen) atoms. The Morgan fingerprint density at radius 2 is 1.86 bits per heavy atom. The van der Waals surface area contributed by atoms with Gasteiger partial charge in [0.1, 0.15) is 5.75 Å². The lowest BCUT2D eigenvalue weighted by Crippen LogP contribution is -1.96. The van der Waals surface area contributed by atoms with E-state index in [0.29, 0.717) is 17.9 Å². The second kappa shape index (κ2) is 7.20. The number of ether oxygens (including phenoxy) is 2. The molecule has 0 aliphatic carbocycles. The summed E-state index contributed by atoms with van der Waals surface area (Å²) in [6, 6.07) is 11.9. The first-order valence-electron chi connectivity index (χ1n) is 6.83. The van der Waals surface area contributed by atoms with Crippen LogP contribution in [-0.4, -0.2) is 18.8 Å².